The number of unbranched alkanes of at least 4 members (excludes halogenated alkanes) is 1. The Kier molecular flexibility index (Phi) is 7.74. The minimum atomic E-state index is -4.56. The molecule has 200 valence electrons. The Hall–Kier alpha value is -3.66. The molecule has 3 aromatic heterocycles. The highest BCUT2D eigenvalue weighted by atomic mass is 35.5. The van der Waals surface area contributed by atoms with Crippen molar-refractivity contribution in [1.82, 2.24) is 19.6 Å². The molecule has 0 amide bonds. The van der Waals surface area contributed by atoms with E-state index >= 15 is 0 Å². The number of fused-ring (bicyclic) bond motifs is 1. The van der Waals surface area contributed by atoms with E-state index in [0.29, 0.717) is 69.0 Å². The maximum Gasteiger partial charge on any atom is 0.433 e. The Bertz CT molecular complexity index is 1600. The number of alkyl halides is 3. The molecular formula is C28H22Cl2F3N5O. The van der Waals surface area contributed by atoms with Crippen LogP contribution in [0.4, 0.5) is 19.0 Å². The maximum absolute atomic E-state index is 13.2. The van der Waals surface area contributed by atoms with E-state index in [1.54, 1.807) is 28.8 Å². The number of hydrogen-bond acceptors (Lipinski definition) is 5. The van der Waals surface area contributed by atoms with Crippen LogP contribution in [0, 0.1) is 0 Å². The van der Waals surface area contributed by atoms with Gasteiger partial charge in [0.15, 0.2) is 5.65 Å². The van der Waals surface area contributed by atoms with Crippen LogP contribution in [0.5, 0.6) is 0 Å². The second-order valence-electron chi connectivity index (χ2n) is 8.76. The normalized spacial score (nSPS) is 11.7. The van der Waals surface area contributed by atoms with Gasteiger partial charge in [0.25, 0.3) is 0 Å². The van der Waals surface area contributed by atoms with Gasteiger partial charge in [0.05, 0.1) is 16.3 Å². The Balaban J connectivity index is 1.77. The van der Waals surface area contributed by atoms with Crippen molar-refractivity contribution in [3.8, 4) is 33.6 Å². The number of aromatic nitrogens is 4. The zero-order valence-corrected chi connectivity index (χ0v) is 21.9. The molecule has 0 aliphatic heterocycles. The lowest BCUT2D eigenvalue weighted by molar-refractivity contribution is -0.141. The number of nitrogens with one attached hydrogen (secondary N) is 1. The van der Waals surface area contributed by atoms with Crippen LogP contribution < -0.4 is 5.32 Å². The summed E-state index contributed by atoms with van der Waals surface area (Å²) in [6.07, 6.45) is -2.07. The molecule has 3 heterocycles. The molecule has 2 aromatic carbocycles. The first-order valence-electron chi connectivity index (χ1n) is 12.1. The number of halogens is 5. The van der Waals surface area contributed by atoms with Gasteiger partial charge in [0, 0.05) is 41.6 Å². The van der Waals surface area contributed by atoms with Crippen LogP contribution in [0.2, 0.25) is 10.0 Å². The smallest absolute Gasteiger partial charge is 0.396 e. The van der Waals surface area contributed by atoms with Crippen molar-refractivity contribution in [2.45, 2.75) is 19.0 Å². The summed E-state index contributed by atoms with van der Waals surface area (Å²) in [7, 11) is 0. The molecule has 0 aliphatic rings. The van der Waals surface area contributed by atoms with Gasteiger partial charge in [-0.15, -0.1) is 0 Å². The van der Waals surface area contributed by atoms with Gasteiger partial charge in [-0.25, -0.2) is 9.50 Å². The summed E-state index contributed by atoms with van der Waals surface area (Å²) in [6, 6.07) is 18.5. The third-order valence-electron chi connectivity index (χ3n) is 6.09. The first-order valence-corrected chi connectivity index (χ1v) is 12.8. The van der Waals surface area contributed by atoms with Gasteiger partial charge in [-0.3, -0.25) is 4.98 Å². The predicted molar refractivity (Wildman–Crippen MR) is 147 cm³/mol. The van der Waals surface area contributed by atoms with Gasteiger partial charge < -0.3 is 10.4 Å². The zero-order valence-electron chi connectivity index (χ0n) is 20.4. The third kappa shape index (κ3) is 5.71. The largest absolute Gasteiger partial charge is 0.433 e. The van der Waals surface area contributed by atoms with Crippen molar-refractivity contribution in [2.24, 2.45) is 0 Å². The SMILES string of the molecule is OCCCCNc1cc(-c2ccc(C(F)(F)F)nc2)n2nc(-c3ccccc3Cl)c(-c3ccc(Cl)cc3)c2n1. The second kappa shape index (κ2) is 11.2. The Morgan fingerprint density at radius 1 is 0.923 bits per heavy atom. The molecule has 5 aromatic rings. The molecule has 39 heavy (non-hydrogen) atoms. The Morgan fingerprint density at radius 2 is 1.67 bits per heavy atom. The van der Waals surface area contributed by atoms with Crippen LogP contribution in [-0.2, 0) is 6.18 Å². The van der Waals surface area contributed by atoms with E-state index in [1.807, 2.05) is 30.3 Å². The fourth-order valence-corrected chi connectivity index (χ4v) is 4.56. The van der Waals surface area contributed by atoms with E-state index in [4.69, 9.17) is 38.4 Å². The van der Waals surface area contributed by atoms with Gasteiger partial charge >= 0.3 is 6.18 Å². The van der Waals surface area contributed by atoms with Gasteiger partial charge in [-0.1, -0.05) is 53.5 Å². The van der Waals surface area contributed by atoms with Crippen molar-refractivity contribution in [3.63, 3.8) is 0 Å². The van der Waals surface area contributed by atoms with Crippen LogP contribution in [0.3, 0.4) is 0 Å². The van der Waals surface area contributed by atoms with Crippen LogP contribution in [0.25, 0.3) is 39.3 Å². The quantitative estimate of drug-likeness (QED) is 0.187. The topological polar surface area (TPSA) is 75.3 Å². The van der Waals surface area contributed by atoms with E-state index in [2.05, 4.69) is 10.3 Å². The number of nitrogens with zero attached hydrogens (tertiary/aromatic N) is 4. The lowest BCUT2D eigenvalue weighted by Gasteiger charge is -2.12. The molecule has 11 heteroatoms. The summed E-state index contributed by atoms with van der Waals surface area (Å²) in [5, 5.41) is 18.3. The Labute approximate surface area is 232 Å². The second-order valence-corrected chi connectivity index (χ2v) is 9.60. The minimum Gasteiger partial charge on any atom is -0.396 e. The standard InChI is InChI=1S/C28H22Cl2F3N5O/c29-19-10-7-17(8-11-19)25-26(20-5-1-2-6-21(20)30)37-38-22(18-9-12-23(35-16-18)28(31,32)33)15-24(36-27(25)38)34-13-3-4-14-39/h1-2,5-12,15-16,39H,3-4,13-14H2,(H,34,36). The van der Waals surface area contributed by atoms with Gasteiger partial charge in [-0.2, -0.15) is 18.3 Å². The number of anilines is 1. The van der Waals surface area contributed by atoms with E-state index in [-0.39, 0.29) is 6.61 Å². The summed E-state index contributed by atoms with van der Waals surface area (Å²) in [4.78, 5) is 8.49. The summed E-state index contributed by atoms with van der Waals surface area (Å²) in [5.41, 5.74) is 3.07. The molecule has 0 atom stereocenters. The van der Waals surface area contributed by atoms with Crippen molar-refractivity contribution < 1.29 is 18.3 Å². The summed E-state index contributed by atoms with van der Waals surface area (Å²) in [6.45, 7) is 0.609. The summed E-state index contributed by atoms with van der Waals surface area (Å²) >= 11 is 12.7. The van der Waals surface area contributed by atoms with E-state index < -0.39 is 11.9 Å². The zero-order chi connectivity index (χ0) is 27.6. The molecule has 5 rings (SSSR count). The van der Waals surface area contributed by atoms with Crippen LogP contribution >= 0.6 is 23.2 Å². The monoisotopic (exact) mass is 571 g/mol. The molecular weight excluding hydrogens is 550 g/mol. The number of hydrogen-bond donors (Lipinski definition) is 2. The lowest BCUT2D eigenvalue weighted by atomic mass is 10.0. The predicted octanol–water partition coefficient (Wildman–Crippen LogP) is 7.64. The fraction of sp³-hybridized carbons (Fsp3) is 0.179. The van der Waals surface area contributed by atoms with Crippen molar-refractivity contribution in [1.29, 1.82) is 0 Å². The van der Waals surface area contributed by atoms with E-state index in [0.717, 1.165) is 11.6 Å². The van der Waals surface area contributed by atoms with Gasteiger partial charge in [-0.05, 0) is 48.7 Å². The molecule has 0 saturated carbocycles. The maximum atomic E-state index is 13.2. The van der Waals surface area contributed by atoms with Gasteiger partial charge in [0.1, 0.15) is 17.2 Å². The van der Waals surface area contributed by atoms with Crippen molar-refractivity contribution in [2.75, 3.05) is 18.5 Å². The number of benzene rings is 2. The first-order chi connectivity index (χ1) is 18.8. The number of aliphatic hydroxyl groups is 1. The fourth-order valence-electron chi connectivity index (χ4n) is 4.20. The minimum absolute atomic E-state index is 0.0706. The number of aliphatic hydroxyl groups excluding tert-OH is 1. The molecule has 0 radical (unpaired) electrons. The first kappa shape index (κ1) is 26.9. The molecule has 0 saturated heterocycles. The van der Waals surface area contributed by atoms with Crippen molar-refractivity contribution in [3.05, 3.63) is 88.7 Å². The molecule has 2 N–H and O–H groups in total. The average molecular weight is 572 g/mol. The molecule has 0 bridgehead atoms. The van der Waals surface area contributed by atoms with Crippen LogP contribution in [0.15, 0.2) is 72.9 Å². The van der Waals surface area contributed by atoms with E-state index in [1.165, 1.54) is 12.3 Å². The molecule has 0 unspecified atom stereocenters. The van der Waals surface area contributed by atoms with Crippen molar-refractivity contribution >= 4 is 34.7 Å². The Morgan fingerprint density at radius 3 is 2.33 bits per heavy atom. The molecule has 6 nitrogen and oxygen atoms in total. The highest BCUT2D eigenvalue weighted by Gasteiger charge is 2.32. The number of pyridine rings is 1. The third-order valence-corrected chi connectivity index (χ3v) is 6.67. The molecule has 0 fully saturated rings. The molecule has 0 aliphatic carbocycles. The van der Waals surface area contributed by atoms with Crippen LogP contribution in [-0.4, -0.2) is 37.8 Å². The highest BCUT2D eigenvalue weighted by Crippen LogP contribution is 2.40. The summed E-state index contributed by atoms with van der Waals surface area (Å²) in [5.74, 6) is 0.496. The highest BCUT2D eigenvalue weighted by molar-refractivity contribution is 6.33. The average Bonchev–Trinajstić information content (AvgIpc) is 3.30. The van der Waals surface area contributed by atoms with Crippen LogP contribution in [0.1, 0.15) is 18.5 Å². The lowest BCUT2D eigenvalue weighted by Crippen LogP contribution is -2.08. The van der Waals surface area contributed by atoms with E-state index in [9.17, 15) is 13.2 Å². The summed E-state index contributed by atoms with van der Waals surface area (Å²) < 4.78 is 41.2. The number of rotatable bonds is 8. The molecule has 0 spiro atoms. The van der Waals surface area contributed by atoms with Gasteiger partial charge in [0.2, 0.25) is 0 Å².